The van der Waals surface area contributed by atoms with Gasteiger partial charge >= 0.3 is 0 Å². The van der Waals surface area contributed by atoms with Gasteiger partial charge in [0.25, 0.3) is 0 Å². The Morgan fingerprint density at radius 3 is 2.75 bits per heavy atom. The summed E-state index contributed by atoms with van der Waals surface area (Å²) in [6, 6.07) is 16.3. The van der Waals surface area contributed by atoms with Crippen LogP contribution in [0.3, 0.4) is 0 Å². The van der Waals surface area contributed by atoms with E-state index < -0.39 is 0 Å². The van der Waals surface area contributed by atoms with Crippen LogP contribution in [0.25, 0.3) is 11.0 Å². The molecule has 1 fully saturated rings. The predicted octanol–water partition coefficient (Wildman–Crippen LogP) is 4.42. The lowest BCUT2D eigenvalue weighted by Gasteiger charge is -2.43. The fraction of sp³-hybridized carbons (Fsp3) is 0.360. The number of hydrogen-bond acceptors (Lipinski definition) is 5. The topological polar surface area (TPSA) is 80.4 Å². The molecule has 1 unspecified atom stereocenters. The average Bonchev–Trinajstić information content (AvgIpc) is 2.78. The van der Waals surface area contributed by atoms with Crippen LogP contribution >= 0.6 is 0 Å². The minimum Gasteiger partial charge on any atom is -0.351 e. The smallest absolute Gasteiger partial charge is 0.214 e. The standard InChI is InChI=1S/C25H29N7/c1-18(2)13-21-16-31(24-15-27-22-9-4-5-10-23(22)30-24)11-12-32(21)25(28-17-26)29-20-8-6-7-19(3)14-20/h4-10,14-15,18,21H,11-13,16H2,1-3H3,(H,28,29). The molecule has 1 atom stereocenters. The number of guanidine groups is 1. The number of para-hydroxylation sites is 2. The van der Waals surface area contributed by atoms with E-state index in [1.54, 1.807) is 0 Å². The number of hydrogen-bond donors (Lipinski definition) is 1. The predicted molar refractivity (Wildman–Crippen MR) is 130 cm³/mol. The molecule has 0 bridgehead atoms. The van der Waals surface area contributed by atoms with Gasteiger partial charge in [0.1, 0.15) is 5.82 Å². The van der Waals surface area contributed by atoms with Gasteiger partial charge in [-0.2, -0.15) is 5.26 Å². The number of fused-ring (bicyclic) bond motifs is 1. The number of aryl methyl sites for hydroxylation is 1. The van der Waals surface area contributed by atoms with E-state index in [0.717, 1.165) is 54.2 Å². The van der Waals surface area contributed by atoms with E-state index >= 15 is 0 Å². The second kappa shape index (κ2) is 9.65. The highest BCUT2D eigenvalue weighted by Gasteiger charge is 2.31. The fourth-order valence-electron chi connectivity index (χ4n) is 4.25. The van der Waals surface area contributed by atoms with Crippen molar-refractivity contribution in [1.29, 1.82) is 5.26 Å². The van der Waals surface area contributed by atoms with Gasteiger partial charge in [0, 0.05) is 31.4 Å². The van der Waals surface area contributed by atoms with Crippen molar-refractivity contribution < 1.29 is 0 Å². The summed E-state index contributed by atoms with van der Waals surface area (Å²) in [5.74, 6) is 2.00. The van der Waals surface area contributed by atoms with E-state index in [1.807, 2.05) is 48.8 Å². The Balaban J connectivity index is 1.58. The van der Waals surface area contributed by atoms with Crippen LogP contribution in [0.4, 0.5) is 11.5 Å². The maximum Gasteiger partial charge on any atom is 0.214 e. The molecule has 164 valence electrons. The highest BCUT2D eigenvalue weighted by Crippen LogP contribution is 2.24. The quantitative estimate of drug-likeness (QED) is 0.377. The Hall–Kier alpha value is -3.66. The molecule has 1 N–H and O–H groups in total. The summed E-state index contributed by atoms with van der Waals surface area (Å²) in [5, 5.41) is 12.7. The summed E-state index contributed by atoms with van der Waals surface area (Å²) in [6.45, 7) is 8.82. The molecule has 3 aromatic rings. The third-order valence-corrected chi connectivity index (χ3v) is 5.69. The van der Waals surface area contributed by atoms with Crippen molar-refractivity contribution in [1.82, 2.24) is 14.9 Å². The lowest BCUT2D eigenvalue weighted by atomic mass is 10.00. The Labute approximate surface area is 189 Å². The first-order chi connectivity index (χ1) is 15.5. The van der Waals surface area contributed by atoms with Crippen LogP contribution in [-0.2, 0) is 0 Å². The lowest BCUT2D eigenvalue weighted by molar-refractivity contribution is 0.245. The Bertz CT molecular complexity index is 1150. The fourth-order valence-corrected chi connectivity index (χ4v) is 4.25. The monoisotopic (exact) mass is 427 g/mol. The van der Waals surface area contributed by atoms with Gasteiger partial charge in [0.15, 0.2) is 0 Å². The zero-order valence-corrected chi connectivity index (χ0v) is 18.9. The zero-order chi connectivity index (χ0) is 22.5. The van der Waals surface area contributed by atoms with Crippen LogP contribution < -0.4 is 10.2 Å². The molecule has 1 aliphatic rings. The third kappa shape index (κ3) is 4.97. The van der Waals surface area contributed by atoms with Gasteiger partial charge < -0.3 is 15.1 Å². The number of piperazine rings is 1. The van der Waals surface area contributed by atoms with Crippen LogP contribution in [-0.4, -0.2) is 46.5 Å². The molecule has 1 aliphatic heterocycles. The lowest BCUT2D eigenvalue weighted by Crippen LogP contribution is -2.57. The number of rotatable bonds is 4. The van der Waals surface area contributed by atoms with Crippen LogP contribution in [0, 0.1) is 24.3 Å². The Morgan fingerprint density at radius 2 is 2.00 bits per heavy atom. The number of nitrogens with one attached hydrogen (secondary N) is 1. The minimum atomic E-state index is 0.196. The number of benzene rings is 2. The van der Waals surface area contributed by atoms with Crippen molar-refractivity contribution in [3.05, 3.63) is 60.3 Å². The first-order valence-corrected chi connectivity index (χ1v) is 11.1. The Kier molecular flexibility index (Phi) is 6.50. The molecule has 2 heterocycles. The van der Waals surface area contributed by atoms with Crippen molar-refractivity contribution in [3.63, 3.8) is 0 Å². The van der Waals surface area contributed by atoms with Gasteiger partial charge in [-0.1, -0.05) is 38.1 Å². The molecule has 7 heteroatoms. The van der Waals surface area contributed by atoms with Crippen molar-refractivity contribution >= 4 is 28.5 Å². The maximum atomic E-state index is 9.37. The molecule has 0 spiro atoms. The third-order valence-electron chi connectivity index (χ3n) is 5.69. The van der Waals surface area contributed by atoms with Gasteiger partial charge in [-0.05, 0) is 49.1 Å². The normalized spacial score (nSPS) is 17.0. The van der Waals surface area contributed by atoms with Crippen molar-refractivity contribution in [2.45, 2.75) is 33.2 Å². The number of aromatic nitrogens is 2. The van der Waals surface area contributed by atoms with Crippen molar-refractivity contribution in [2.24, 2.45) is 10.9 Å². The number of aliphatic imine (C=N–C) groups is 1. The molecule has 0 aliphatic carbocycles. The second-order valence-corrected chi connectivity index (χ2v) is 8.67. The molecular weight excluding hydrogens is 398 g/mol. The van der Waals surface area contributed by atoms with Gasteiger partial charge in [0.2, 0.25) is 12.2 Å². The molecule has 1 aromatic heterocycles. The minimum absolute atomic E-state index is 0.196. The van der Waals surface area contributed by atoms with Crippen LogP contribution in [0.5, 0.6) is 0 Å². The SMILES string of the molecule is Cc1cccc(N/C(=N/C#N)N2CCN(c3cnc4ccccc4n3)CC2CC(C)C)c1. The maximum absolute atomic E-state index is 9.37. The highest BCUT2D eigenvalue weighted by molar-refractivity contribution is 5.94. The van der Waals surface area contributed by atoms with Gasteiger partial charge in [-0.3, -0.25) is 4.98 Å². The molecule has 32 heavy (non-hydrogen) atoms. The van der Waals surface area contributed by atoms with Crippen LogP contribution in [0.2, 0.25) is 0 Å². The average molecular weight is 428 g/mol. The summed E-state index contributed by atoms with van der Waals surface area (Å²) in [6.07, 6.45) is 4.83. The number of nitriles is 1. The molecule has 1 saturated heterocycles. The molecule has 0 amide bonds. The Morgan fingerprint density at radius 1 is 1.19 bits per heavy atom. The zero-order valence-electron chi connectivity index (χ0n) is 18.9. The van der Waals surface area contributed by atoms with Gasteiger partial charge in [-0.25, -0.2) is 4.98 Å². The van der Waals surface area contributed by atoms with E-state index in [9.17, 15) is 5.26 Å². The van der Waals surface area contributed by atoms with E-state index in [2.05, 4.69) is 58.0 Å². The van der Waals surface area contributed by atoms with E-state index in [1.165, 1.54) is 0 Å². The highest BCUT2D eigenvalue weighted by atomic mass is 15.4. The molecule has 0 saturated carbocycles. The van der Waals surface area contributed by atoms with Gasteiger partial charge in [0.05, 0.1) is 17.2 Å². The van der Waals surface area contributed by atoms with Crippen molar-refractivity contribution in [2.75, 3.05) is 29.9 Å². The summed E-state index contributed by atoms with van der Waals surface area (Å²) < 4.78 is 0. The number of nitrogens with zero attached hydrogens (tertiary/aromatic N) is 6. The second-order valence-electron chi connectivity index (χ2n) is 8.67. The first kappa shape index (κ1) is 21.6. The summed E-state index contributed by atoms with van der Waals surface area (Å²) in [5.41, 5.74) is 3.90. The molecule has 2 aromatic carbocycles. The molecule has 4 rings (SSSR count). The first-order valence-electron chi connectivity index (χ1n) is 11.1. The molecule has 0 radical (unpaired) electrons. The van der Waals surface area contributed by atoms with E-state index in [4.69, 9.17) is 4.98 Å². The summed E-state index contributed by atoms with van der Waals surface area (Å²) >= 11 is 0. The van der Waals surface area contributed by atoms with Crippen LogP contribution in [0.1, 0.15) is 25.8 Å². The summed E-state index contributed by atoms with van der Waals surface area (Å²) in [4.78, 5) is 18.1. The van der Waals surface area contributed by atoms with E-state index in [-0.39, 0.29) is 6.04 Å². The largest absolute Gasteiger partial charge is 0.351 e. The van der Waals surface area contributed by atoms with Crippen molar-refractivity contribution in [3.8, 4) is 6.19 Å². The van der Waals surface area contributed by atoms with E-state index in [0.29, 0.717) is 11.9 Å². The summed E-state index contributed by atoms with van der Waals surface area (Å²) in [7, 11) is 0. The number of anilines is 2. The van der Waals surface area contributed by atoms with Crippen LogP contribution in [0.15, 0.2) is 59.7 Å². The van der Waals surface area contributed by atoms with Gasteiger partial charge in [-0.15, -0.1) is 4.99 Å². The molecule has 7 nitrogen and oxygen atoms in total. The molecular formula is C25H29N7.